The molecular weight excluding hydrogens is 272 g/mol. The molecule has 2 aromatic rings. The van der Waals surface area contributed by atoms with E-state index in [1.165, 1.54) is 11.3 Å². The van der Waals surface area contributed by atoms with Crippen LogP contribution in [-0.2, 0) is 6.54 Å². The van der Waals surface area contributed by atoms with E-state index >= 15 is 0 Å². The average molecular weight is 286 g/mol. The summed E-state index contributed by atoms with van der Waals surface area (Å²) in [5, 5.41) is 13.2. The Bertz CT molecular complexity index is 651. The number of pyridine rings is 1. The van der Waals surface area contributed by atoms with E-state index in [-0.39, 0.29) is 12.5 Å². The Morgan fingerprint density at radius 2 is 2.35 bits per heavy atom. The van der Waals surface area contributed by atoms with Gasteiger partial charge in [-0.3, -0.25) is 9.78 Å². The smallest absolute Gasteiger partial charge is 0.252 e. The van der Waals surface area contributed by atoms with E-state index in [1.54, 1.807) is 17.6 Å². The van der Waals surface area contributed by atoms with Crippen LogP contribution >= 0.6 is 11.3 Å². The van der Waals surface area contributed by atoms with Crippen molar-refractivity contribution in [2.45, 2.75) is 13.5 Å². The standard InChI is InChI=1S/C15H14N2O2S/c1-11-4-5-12(8-16-11)9-17-15(19)13-7-14(20-10-13)3-2-6-18/h4-5,7-8,10,18H,6,9H2,1H3,(H,17,19). The predicted octanol–water partition coefficient (Wildman–Crippen LogP) is 1.73. The second kappa shape index (κ2) is 6.85. The van der Waals surface area contributed by atoms with E-state index in [9.17, 15) is 4.79 Å². The minimum Gasteiger partial charge on any atom is -0.384 e. The molecule has 0 aliphatic heterocycles. The molecule has 0 aliphatic carbocycles. The monoisotopic (exact) mass is 286 g/mol. The first-order valence-corrected chi connectivity index (χ1v) is 6.95. The summed E-state index contributed by atoms with van der Waals surface area (Å²) < 4.78 is 0. The number of carbonyl (C=O) groups excluding carboxylic acids is 1. The summed E-state index contributed by atoms with van der Waals surface area (Å²) in [4.78, 5) is 16.9. The molecule has 0 spiro atoms. The van der Waals surface area contributed by atoms with Gasteiger partial charge < -0.3 is 10.4 Å². The number of hydrogen-bond acceptors (Lipinski definition) is 4. The van der Waals surface area contributed by atoms with Crippen LogP contribution in [0.5, 0.6) is 0 Å². The first kappa shape index (κ1) is 14.3. The molecule has 0 unspecified atom stereocenters. The molecule has 102 valence electrons. The van der Waals surface area contributed by atoms with Gasteiger partial charge in [0, 0.05) is 23.8 Å². The molecule has 1 amide bonds. The van der Waals surface area contributed by atoms with Gasteiger partial charge in [0.05, 0.1) is 10.4 Å². The fourth-order valence-corrected chi connectivity index (χ4v) is 2.29. The lowest BCUT2D eigenvalue weighted by Gasteiger charge is -2.03. The highest BCUT2D eigenvalue weighted by Gasteiger charge is 2.07. The lowest BCUT2D eigenvalue weighted by molar-refractivity contribution is 0.0951. The molecule has 20 heavy (non-hydrogen) atoms. The van der Waals surface area contributed by atoms with E-state index in [1.807, 2.05) is 19.1 Å². The van der Waals surface area contributed by atoms with E-state index < -0.39 is 0 Å². The lowest BCUT2D eigenvalue weighted by atomic mass is 10.2. The number of aryl methyl sites for hydroxylation is 1. The van der Waals surface area contributed by atoms with Crippen molar-refractivity contribution >= 4 is 17.2 Å². The number of hydrogen-bond donors (Lipinski definition) is 2. The highest BCUT2D eigenvalue weighted by atomic mass is 32.1. The van der Waals surface area contributed by atoms with Gasteiger partial charge in [-0.1, -0.05) is 17.9 Å². The SMILES string of the molecule is Cc1ccc(CNC(=O)c2csc(C#CCO)c2)cn1. The Morgan fingerprint density at radius 3 is 3.05 bits per heavy atom. The quantitative estimate of drug-likeness (QED) is 0.845. The molecule has 4 nitrogen and oxygen atoms in total. The van der Waals surface area contributed by atoms with Gasteiger partial charge in [-0.25, -0.2) is 0 Å². The molecule has 2 heterocycles. The van der Waals surface area contributed by atoms with Crippen molar-refractivity contribution in [2.75, 3.05) is 6.61 Å². The maximum absolute atomic E-state index is 11.9. The summed E-state index contributed by atoms with van der Waals surface area (Å²) in [6.45, 7) is 2.18. The summed E-state index contributed by atoms with van der Waals surface area (Å²) >= 11 is 1.38. The second-order valence-electron chi connectivity index (χ2n) is 4.15. The summed E-state index contributed by atoms with van der Waals surface area (Å²) in [6, 6.07) is 5.57. The molecule has 0 fully saturated rings. The van der Waals surface area contributed by atoms with E-state index in [4.69, 9.17) is 5.11 Å². The molecule has 2 aromatic heterocycles. The third-order valence-corrected chi connectivity index (χ3v) is 3.42. The number of aliphatic hydroxyl groups is 1. The van der Waals surface area contributed by atoms with Crippen LogP contribution in [0.15, 0.2) is 29.8 Å². The van der Waals surface area contributed by atoms with Gasteiger partial charge in [0.1, 0.15) is 6.61 Å². The van der Waals surface area contributed by atoms with Crippen LogP contribution in [0.3, 0.4) is 0 Å². The van der Waals surface area contributed by atoms with Crippen LogP contribution in [0, 0.1) is 18.8 Å². The molecule has 0 radical (unpaired) electrons. The van der Waals surface area contributed by atoms with Crippen LogP contribution < -0.4 is 5.32 Å². The zero-order valence-corrected chi connectivity index (χ0v) is 11.8. The highest BCUT2D eigenvalue weighted by molar-refractivity contribution is 7.10. The van der Waals surface area contributed by atoms with Gasteiger partial charge in [0.25, 0.3) is 5.91 Å². The summed E-state index contributed by atoms with van der Waals surface area (Å²) in [5.74, 6) is 5.19. The Hall–Kier alpha value is -2.16. The number of thiophene rings is 1. The largest absolute Gasteiger partial charge is 0.384 e. The fourth-order valence-electron chi connectivity index (χ4n) is 1.53. The Kier molecular flexibility index (Phi) is 4.88. The van der Waals surface area contributed by atoms with Crippen molar-refractivity contribution in [3.63, 3.8) is 0 Å². The summed E-state index contributed by atoms with van der Waals surface area (Å²) in [7, 11) is 0. The van der Waals surface area contributed by atoms with Crippen molar-refractivity contribution in [3.8, 4) is 11.8 Å². The molecule has 0 aliphatic rings. The second-order valence-corrected chi connectivity index (χ2v) is 5.06. The highest BCUT2D eigenvalue weighted by Crippen LogP contribution is 2.13. The number of rotatable bonds is 3. The third-order valence-electron chi connectivity index (χ3n) is 2.58. The van der Waals surface area contributed by atoms with Gasteiger partial charge in [0.2, 0.25) is 0 Å². The van der Waals surface area contributed by atoms with Crippen molar-refractivity contribution in [3.05, 3.63) is 51.5 Å². The molecule has 0 saturated heterocycles. The van der Waals surface area contributed by atoms with E-state index in [2.05, 4.69) is 22.1 Å². The van der Waals surface area contributed by atoms with Crippen LogP contribution in [0.1, 0.15) is 26.5 Å². The van der Waals surface area contributed by atoms with E-state index in [0.29, 0.717) is 12.1 Å². The molecule has 0 atom stereocenters. The first-order valence-electron chi connectivity index (χ1n) is 6.07. The predicted molar refractivity (Wildman–Crippen MR) is 78.4 cm³/mol. The number of carbonyl (C=O) groups is 1. The van der Waals surface area contributed by atoms with Crippen LogP contribution in [0.25, 0.3) is 0 Å². The third kappa shape index (κ3) is 3.92. The van der Waals surface area contributed by atoms with Crippen LogP contribution in [-0.4, -0.2) is 22.6 Å². The van der Waals surface area contributed by atoms with Gasteiger partial charge in [0.15, 0.2) is 0 Å². The maximum Gasteiger partial charge on any atom is 0.252 e. The molecule has 2 N–H and O–H groups in total. The minimum atomic E-state index is -0.181. The summed E-state index contributed by atoms with van der Waals surface area (Å²) in [6.07, 6.45) is 1.75. The molecule has 0 saturated carbocycles. The maximum atomic E-state index is 11.9. The Morgan fingerprint density at radius 1 is 1.50 bits per heavy atom. The normalized spacial score (nSPS) is 9.70. The van der Waals surface area contributed by atoms with Crippen molar-refractivity contribution < 1.29 is 9.90 Å². The molecule has 0 aromatic carbocycles. The van der Waals surface area contributed by atoms with Gasteiger partial charge in [-0.2, -0.15) is 0 Å². The van der Waals surface area contributed by atoms with Crippen LogP contribution in [0.2, 0.25) is 0 Å². The zero-order chi connectivity index (χ0) is 14.4. The Labute approximate surface area is 121 Å². The molecule has 5 heteroatoms. The lowest BCUT2D eigenvalue weighted by Crippen LogP contribution is -2.22. The number of amides is 1. The van der Waals surface area contributed by atoms with Crippen LogP contribution in [0.4, 0.5) is 0 Å². The van der Waals surface area contributed by atoms with Crippen molar-refractivity contribution in [1.29, 1.82) is 0 Å². The van der Waals surface area contributed by atoms with Crippen molar-refractivity contribution in [1.82, 2.24) is 10.3 Å². The van der Waals surface area contributed by atoms with E-state index in [0.717, 1.165) is 16.1 Å². The minimum absolute atomic E-state index is 0.140. The van der Waals surface area contributed by atoms with Gasteiger partial charge in [-0.15, -0.1) is 11.3 Å². The first-order chi connectivity index (χ1) is 9.69. The molecule has 2 rings (SSSR count). The number of nitrogens with zero attached hydrogens (tertiary/aromatic N) is 1. The molecule has 0 bridgehead atoms. The number of aromatic nitrogens is 1. The molecular formula is C15H14N2O2S. The zero-order valence-electron chi connectivity index (χ0n) is 11.0. The summed E-state index contributed by atoms with van der Waals surface area (Å²) in [5.41, 5.74) is 2.49. The number of nitrogens with one attached hydrogen (secondary N) is 1. The average Bonchev–Trinajstić information content (AvgIpc) is 2.93. The van der Waals surface area contributed by atoms with Crippen molar-refractivity contribution in [2.24, 2.45) is 0 Å². The number of aliphatic hydroxyl groups excluding tert-OH is 1. The fraction of sp³-hybridized carbons (Fsp3) is 0.200. The topological polar surface area (TPSA) is 62.2 Å². The van der Waals surface area contributed by atoms with Gasteiger partial charge in [-0.05, 0) is 24.6 Å². The Balaban J connectivity index is 1.94. The van der Waals surface area contributed by atoms with Gasteiger partial charge >= 0.3 is 0 Å².